The summed E-state index contributed by atoms with van der Waals surface area (Å²) in [6.07, 6.45) is 0.0722. The summed E-state index contributed by atoms with van der Waals surface area (Å²) in [6.45, 7) is 5.73. The standard InChI is InChI=1S/C24H26N2O3/c1-16(2)29-22-12-10-19(11-13-22)24(28)25-15-23(27)26-17(3)20-9-8-18-6-4-5-7-21(18)14-20/h4-14,16-17H,15H2,1-3H3,(H,25,28)(H,26,27). The normalized spacial score (nSPS) is 11.9. The van der Waals surface area contributed by atoms with E-state index in [0.29, 0.717) is 11.3 Å². The first-order valence-electron chi connectivity index (χ1n) is 9.75. The molecule has 29 heavy (non-hydrogen) atoms. The third-order valence-corrected chi connectivity index (χ3v) is 4.55. The molecular weight excluding hydrogens is 364 g/mol. The summed E-state index contributed by atoms with van der Waals surface area (Å²) in [5.74, 6) is 0.173. The summed E-state index contributed by atoms with van der Waals surface area (Å²) in [6, 6.07) is 20.9. The van der Waals surface area contributed by atoms with Crippen molar-refractivity contribution in [2.24, 2.45) is 0 Å². The molecule has 0 saturated heterocycles. The molecule has 2 amide bonds. The lowest BCUT2D eigenvalue weighted by Gasteiger charge is -2.15. The summed E-state index contributed by atoms with van der Waals surface area (Å²) < 4.78 is 5.56. The molecule has 1 atom stereocenters. The molecule has 5 nitrogen and oxygen atoms in total. The highest BCUT2D eigenvalue weighted by atomic mass is 16.5. The highest BCUT2D eigenvalue weighted by Crippen LogP contribution is 2.20. The van der Waals surface area contributed by atoms with Gasteiger partial charge in [0.2, 0.25) is 5.91 Å². The largest absolute Gasteiger partial charge is 0.491 e. The van der Waals surface area contributed by atoms with Crippen LogP contribution in [0.2, 0.25) is 0 Å². The smallest absolute Gasteiger partial charge is 0.251 e. The molecule has 0 fully saturated rings. The highest BCUT2D eigenvalue weighted by Gasteiger charge is 2.12. The van der Waals surface area contributed by atoms with E-state index in [0.717, 1.165) is 16.3 Å². The molecule has 3 rings (SSSR count). The SMILES string of the molecule is CC(C)Oc1ccc(C(=O)NCC(=O)NC(C)c2ccc3ccccc3c2)cc1. The Hall–Kier alpha value is -3.34. The van der Waals surface area contributed by atoms with E-state index >= 15 is 0 Å². The number of ether oxygens (including phenoxy) is 1. The fourth-order valence-corrected chi connectivity index (χ4v) is 3.07. The van der Waals surface area contributed by atoms with Gasteiger partial charge in [0.15, 0.2) is 0 Å². The zero-order valence-electron chi connectivity index (χ0n) is 16.9. The molecule has 1 unspecified atom stereocenters. The van der Waals surface area contributed by atoms with E-state index in [-0.39, 0.29) is 30.5 Å². The number of benzene rings is 3. The van der Waals surface area contributed by atoms with Gasteiger partial charge in [0.1, 0.15) is 5.75 Å². The zero-order chi connectivity index (χ0) is 20.8. The number of nitrogens with one attached hydrogen (secondary N) is 2. The Morgan fingerprint density at radius 1 is 0.897 bits per heavy atom. The lowest BCUT2D eigenvalue weighted by atomic mass is 10.0. The predicted molar refractivity (Wildman–Crippen MR) is 115 cm³/mol. The first kappa shape index (κ1) is 20.4. The van der Waals surface area contributed by atoms with Crippen molar-refractivity contribution in [3.05, 3.63) is 77.9 Å². The highest BCUT2D eigenvalue weighted by molar-refractivity contribution is 5.96. The van der Waals surface area contributed by atoms with Gasteiger partial charge in [-0.15, -0.1) is 0 Å². The molecule has 3 aromatic rings. The van der Waals surface area contributed by atoms with Crippen molar-refractivity contribution >= 4 is 22.6 Å². The van der Waals surface area contributed by atoms with Crippen molar-refractivity contribution in [2.75, 3.05) is 6.54 Å². The van der Waals surface area contributed by atoms with Crippen LogP contribution in [0.3, 0.4) is 0 Å². The number of amides is 2. The van der Waals surface area contributed by atoms with Gasteiger partial charge in [-0.25, -0.2) is 0 Å². The first-order valence-corrected chi connectivity index (χ1v) is 9.75. The maximum absolute atomic E-state index is 12.3. The molecule has 2 N–H and O–H groups in total. The van der Waals surface area contributed by atoms with E-state index in [1.165, 1.54) is 0 Å². The Morgan fingerprint density at radius 2 is 1.59 bits per heavy atom. The third kappa shape index (κ3) is 5.57. The lowest BCUT2D eigenvalue weighted by molar-refractivity contribution is -0.120. The number of fused-ring (bicyclic) bond motifs is 1. The van der Waals surface area contributed by atoms with Crippen molar-refractivity contribution in [1.29, 1.82) is 0 Å². The van der Waals surface area contributed by atoms with Gasteiger partial charge in [-0.2, -0.15) is 0 Å². The molecule has 0 radical (unpaired) electrons. The van der Waals surface area contributed by atoms with Crippen molar-refractivity contribution in [2.45, 2.75) is 32.9 Å². The molecule has 0 spiro atoms. The minimum absolute atomic E-state index is 0.0722. The van der Waals surface area contributed by atoms with Crippen LogP contribution in [0.15, 0.2) is 66.7 Å². The predicted octanol–water partition coefficient (Wildman–Crippen LogP) is 4.23. The topological polar surface area (TPSA) is 67.4 Å². The molecule has 0 heterocycles. The fraction of sp³-hybridized carbons (Fsp3) is 0.250. The van der Waals surface area contributed by atoms with Crippen LogP contribution in [0.25, 0.3) is 10.8 Å². The second kappa shape index (κ2) is 9.24. The third-order valence-electron chi connectivity index (χ3n) is 4.55. The molecule has 5 heteroatoms. The van der Waals surface area contributed by atoms with Gasteiger partial charge >= 0.3 is 0 Å². The van der Waals surface area contributed by atoms with Crippen LogP contribution in [0.4, 0.5) is 0 Å². The zero-order valence-corrected chi connectivity index (χ0v) is 16.9. The minimum atomic E-state index is -0.297. The van der Waals surface area contributed by atoms with E-state index in [1.807, 2.05) is 51.1 Å². The van der Waals surface area contributed by atoms with E-state index < -0.39 is 0 Å². The summed E-state index contributed by atoms with van der Waals surface area (Å²) >= 11 is 0. The molecule has 0 aliphatic carbocycles. The van der Waals surface area contributed by atoms with Gasteiger partial charge in [0, 0.05) is 5.56 Å². The average molecular weight is 390 g/mol. The van der Waals surface area contributed by atoms with Crippen LogP contribution in [-0.2, 0) is 4.79 Å². The summed E-state index contributed by atoms with van der Waals surface area (Å²) in [7, 11) is 0. The van der Waals surface area contributed by atoms with Gasteiger partial charge in [-0.05, 0) is 67.4 Å². The molecular formula is C24H26N2O3. The van der Waals surface area contributed by atoms with Crippen molar-refractivity contribution in [1.82, 2.24) is 10.6 Å². The van der Waals surface area contributed by atoms with Crippen LogP contribution in [0.1, 0.15) is 42.7 Å². The average Bonchev–Trinajstić information content (AvgIpc) is 2.71. The molecule has 3 aromatic carbocycles. The lowest BCUT2D eigenvalue weighted by Crippen LogP contribution is -2.38. The Morgan fingerprint density at radius 3 is 2.28 bits per heavy atom. The number of hydrogen-bond acceptors (Lipinski definition) is 3. The quantitative estimate of drug-likeness (QED) is 0.634. The van der Waals surface area contributed by atoms with E-state index in [1.54, 1.807) is 24.3 Å². The first-order chi connectivity index (χ1) is 13.9. The van der Waals surface area contributed by atoms with Crippen LogP contribution >= 0.6 is 0 Å². The van der Waals surface area contributed by atoms with E-state index in [9.17, 15) is 9.59 Å². The molecule has 150 valence electrons. The molecule has 0 bridgehead atoms. The van der Waals surface area contributed by atoms with Crippen molar-refractivity contribution in [3.8, 4) is 5.75 Å². The Labute approximate surface area is 171 Å². The molecule has 0 aliphatic rings. The Balaban J connectivity index is 1.52. The summed E-state index contributed by atoms with van der Waals surface area (Å²) in [5, 5.41) is 7.87. The van der Waals surface area contributed by atoms with Gasteiger partial charge in [-0.3, -0.25) is 9.59 Å². The second-order valence-electron chi connectivity index (χ2n) is 7.27. The molecule has 0 aromatic heterocycles. The number of hydrogen-bond donors (Lipinski definition) is 2. The van der Waals surface area contributed by atoms with Gasteiger partial charge in [0.25, 0.3) is 5.91 Å². The summed E-state index contributed by atoms with van der Waals surface area (Å²) in [5.41, 5.74) is 1.50. The maximum Gasteiger partial charge on any atom is 0.251 e. The fourth-order valence-electron chi connectivity index (χ4n) is 3.07. The Bertz CT molecular complexity index is 996. The van der Waals surface area contributed by atoms with Crippen LogP contribution < -0.4 is 15.4 Å². The van der Waals surface area contributed by atoms with E-state index in [2.05, 4.69) is 22.8 Å². The van der Waals surface area contributed by atoms with Gasteiger partial charge < -0.3 is 15.4 Å². The molecule has 0 saturated carbocycles. The van der Waals surface area contributed by atoms with E-state index in [4.69, 9.17) is 4.74 Å². The summed E-state index contributed by atoms with van der Waals surface area (Å²) in [4.78, 5) is 24.5. The second-order valence-corrected chi connectivity index (χ2v) is 7.27. The van der Waals surface area contributed by atoms with Crippen molar-refractivity contribution in [3.63, 3.8) is 0 Å². The van der Waals surface area contributed by atoms with Crippen molar-refractivity contribution < 1.29 is 14.3 Å². The molecule has 0 aliphatic heterocycles. The van der Waals surface area contributed by atoms with Crippen LogP contribution in [0.5, 0.6) is 5.75 Å². The van der Waals surface area contributed by atoms with Gasteiger partial charge in [-0.1, -0.05) is 36.4 Å². The minimum Gasteiger partial charge on any atom is -0.491 e. The van der Waals surface area contributed by atoms with Crippen LogP contribution in [-0.4, -0.2) is 24.5 Å². The number of carbonyl (C=O) groups excluding carboxylic acids is 2. The Kier molecular flexibility index (Phi) is 6.50. The number of rotatable bonds is 7. The van der Waals surface area contributed by atoms with Gasteiger partial charge in [0.05, 0.1) is 18.7 Å². The monoisotopic (exact) mass is 390 g/mol. The maximum atomic E-state index is 12.3. The number of carbonyl (C=O) groups is 2. The van der Waals surface area contributed by atoms with Crippen LogP contribution in [0, 0.1) is 0 Å².